The molecule has 1 aliphatic rings. The van der Waals surface area contributed by atoms with Crippen LogP contribution in [0.2, 0.25) is 0 Å². The van der Waals surface area contributed by atoms with Crippen molar-refractivity contribution in [3.63, 3.8) is 0 Å². The Morgan fingerprint density at radius 2 is 1.26 bits per heavy atom. The van der Waals surface area contributed by atoms with Gasteiger partial charge in [-0.05, 0) is 6.42 Å². The fourth-order valence-corrected chi connectivity index (χ4v) is 4.55. The lowest BCUT2D eigenvalue weighted by atomic mass is 9.85. The zero-order valence-corrected chi connectivity index (χ0v) is 20.5. The number of ether oxygens (including phenoxy) is 1. The van der Waals surface area contributed by atoms with Crippen LogP contribution in [0.15, 0.2) is 0 Å². The van der Waals surface area contributed by atoms with Crippen molar-refractivity contribution in [3.05, 3.63) is 0 Å². The summed E-state index contributed by atoms with van der Waals surface area (Å²) in [6.45, 7) is 0.925. The van der Waals surface area contributed by atoms with E-state index in [0.717, 1.165) is 19.3 Å². The summed E-state index contributed by atoms with van der Waals surface area (Å²) < 4.78 is 26.2. The number of carbonyl (C=O) groups excluding carboxylic acids is 1. The third-order valence-corrected chi connectivity index (χ3v) is 6.66. The first kappa shape index (κ1) is 31.4. The molecule has 202 valence electrons. The lowest BCUT2D eigenvalue weighted by Gasteiger charge is -2.41. The van der Waals surface area contributed by atoms with Crippen LogP contribution in [-0.2, 0) is 23.1 Å². The second-order valence-electron chi connectivity index (χ2n) is 8.70. The number of hydrogen-bond donors (Lipinski definition) is 7. The third kappa shape index (κ3) is 11.4. The van der Waals surface area contributed by atoms with Crippen LogP contribution >= 0.6 is 7.82 Å². The normalized spacial score (nSPS) is 30.0. The molecule has 0 aliphatic heterocycles. The summed E-state index contributed by atoms with van der Waals surface area (Å²) in [5.74, 6) is -0.514. The summed E-state index contributed by atoms with van der Waals surface area (Å²) in [5.41, 5.74) is 0. The molecule has 0 aromatic heterocycles. The maximum atomic E-state index is 12.1. The van der Waals surface area contributed by atoms with Gasteiger partial charge in [0.25, 0.3) is 0 Å². The minimum Gasteiger partial charge on any atom is -0.463 e. The topological polar surface area (TPSA) is 203 Å². The van der Waals surface area contributed by atoms with Crippen LogP contribution in [0.3, 0.4) is 0 Å². The maximum Gasteiger partial charge on any atom is 0.472 e. The largest absolute Gasteiger partial charge is 0.472 e. The third-order valence-electron chi connectivity index (χ3n) is 5.68. The molecule has 6 atom stereocenters. The first-order chi connectivity index (χ1) is 16.0. The van der Waals surface area contributed by atoms with Gasteiger partial charge in [0.2, 0.25) is 0 Å². The minimum absolute atomic E-state index is 0.193. The van der Waals surface area contributed by atoms with Crippen LogP contribution in [0.25, 0.3) is 0 Å². The second-order valence-corrected chi connectivity index (χ2v) is 10.1. The Balaban J connectivity index is 2.23. The van der Waals surface area contributed by atoms with E-state index in [9.17, 15) is 44.9 Å². The van der Waals surface area contributed by atoms with Crippen molar-refractivity contribution in [2.24, 2.45) is 0 Å². The van der Waals surface area contributed by atoms with E-state index in [1.165, 1.54) is 32.1 Å². The number of esters is 1. The molecule has 6 unspecified atom stereocenters. The Hall–Kier alpha value is -0.660. The smallest absolute Gasteiger partial charge is 0.463 e. The molecule has 13 heteroatoms. The van der Waals surface area contributed by atoms with Crippen molar-refractivity contribution >= 4 is 13.8 Å². The molecule has 0 amide bonds. The number of aliphatic hydroxyl groups is 6. The van der Waals surface area contributed by atoms with Crippen molar-refractivity contribution in [1.82, 2.24) is 0 Å². The van der Waals surface area contributed by atoms with Gasteiger partial charge in [0.05, 0.1) is 6.61 Å². The number of hydrogen-bond acceptors (Lipinski definition) is 11. The Kier molecular flexibility index (Phi) is 14.9. The van der Waals surface area contributed by atoms with Gasteiger partial charge in [0.15, 0.2) is 0 Å². The van der Waals surface area contributed by atoms with Gasteiger partial charge < -0.3 is 40.3 Å². The summed E-state index contributed by atoms with van der Waals surface area (Å²) in [7, 11) is -4.97. The Morgan fingerprint density at radius 3 is 1.79 bits per heavy atom. The predicted octanol–water partition coefficient (Wildman–Crippen LogP) is 0.132. The average molecular weight is 517 g/mol. The van der Waals surface area contributed by atoms with Crippen LogP contribution in [-0.4, -0.2) is 97.4 Å². The molecular formula is C21H41O12P. The van der Waals surface area contributed by atoms with E-state index in [0.29, 0.717) is 6.42 Å². The Bertz CT molecular complexity index is 605. The second kappa shape index (κ2) is 16.2. The number of aliphatic hydroxyl groups excluding tert-OH is 6. The molecule has 34 heavy (non-hydrogen) atoms. The van der Waals surface area contributed by atoms with Crippen molar-refractivity contribution in [2.75, 3.05) is 13.2 Å². The highest BCUT2D eigenvalue weighted by Gasteiger charge is 2.51. The fraction of sp³-hybridized carbons (Fsp3) is 0.952. The van der Waals surface area contributed by atoms with E-state index >= 15 is 0 Å². The number of carbonyl (C=O) groups is 1. The van der Waals surface area contributed by atoms with Crippen LogP contribution in [0.5, 0.6) is 0 Å². The Labute approximate surface area is 200 Å². The van der Waals surface area contributed by atoms with Gasteiger partial charge in [-0.3, -0.25) is 13.8 Å². The summed E-state index contributed by atoms with van der Waals surface area (Å²) in [6, 6.07) is 0. The molecule has 0 bridgehead atoms. The van der Waals surface area contributed by atoms with Crippen LogP contribution in [0.1, 0.15) is 71.1 Å². The summed E-state index contributed by atoms with van der Waals surface area (Å²) >= 11 is 0. The zero-order chi connectivity index (χ0) is 25.7. The average Bonchev–Trinajstić information content (AvgIpc) is 2.80. The van der Waals surface area contributed by atoms with E-state index in [1.54, 1.807) is 0 Å². The standard InChI is InChI=1S/C21H41O12P/c1-2-3-4-5-6-7-8-9-10-11-15(23)31-12-14(22)13-32-34(29,30)33-21-19(27)17(25)16(24)18(26)20(21)28/h14,16-22,24-28H,2-13H2,1H3,(H,29,30). The first-order valence-electron chi connectivity index (χ1n) is 11.9. The molecule has 1 fully saturated rings. The van der Waals surface area contributed by atoms with Gasteiger partial charge in [-0.25, -0.2) is 4.57 Å². The molecule has 0 spiro atoms. The highest BCUT2D eigenvalue weighted by atomic mass is 31.2. The van der Waals surface area contributed by atoms with Gasteiger partial charge in [0.1, 0.15) is 49.3 Å². The van der Waals surface area contributed by atoms with Crippen LogP contribution in [0.4, 0.5) is 0 Å². The summed E-state index contributed by atoms with van der Waals surface area (Å²) in [4.78, 5) is 21.5. The van der Waals surface area contributed by atoms with Gasteiger partial charge in [-0.15, -0.1) is 0 Å². The van der Waals surface area contributed by atoms with Gasteiger partial charge in [-0.2, -0.15) is 0 Å². The van der Waals surface area contributed by atoms with Crippen molar-refractivity contribution < 1.29 is 58.7 Å². The minimum atomic E-state index is -4.97. The molecule has 0 heterocycles. The summed E-state index contributed by atoms with van der Waals surface area (Å²) in [6.07, 6.45) is -3.08. The van der Waals surface area contributed by atoms with Crippen molar-refractivity contribution in [3.8, 4) is 0 Å². The zero-order valence-electron chi connectivity index (χ0n) is 19.6. The van der Waals surface area contributed by atoms with Gasteiger partial charge in [0, 0.05) is 6.42 Å². The molecule has 0 radical (unpaired) electrons. The maximum absolute atomic E-state index is 12.1. The molecule has 0 aromatic rings. The lowest BCUT2D eigenvalue weighted by Crippen LogP contribution is -2.64. The van der Waals surface area contributed by atoms with Crippen molar-refractivity contribution in [1.29, 1.82) is 0 Å². The molecule has 1 aliphatic carbocycles. The van der Waals surface area contributed by atoms with Crippen LogP contribution in [0, 0.1) is 0 Å². The molecule has 0 saturated heterocycles. The van der Waals surface area contributed by atoms with E-state index in [1.807, 2.05) is 0 Å². The molecule has 7 N–H and O–H groups in total. The monoisotopic (exact) mass is 516 g/mol. The molecule has 0 aromatic carbocycles. The molecule has 1 saturated carbocycles. The highest BCUT2D eigenvalue weighted by molar-refractivity contribution is 7.47. The predicted molar refractivity (Wildman–Crippen MR) is 119 cm³/mol. The Morgan fingerprint density at radius 1 is 0.794 bits per heavy atom. The summed E-state index contributed by atoms with van der Waals surface area (Å²) in [5, 5.41) is 58.3. The van der Waals surface area contributed by atoms with Crippen LogP contribution < -0.4 is 0 Å². The van der Waals surface area contributed by atoms with E-state index < -0.39 is 69.7 Å². The van der Waals surface area contributed by atoms with E-state index in [4.69, 9.17) is 4.74 Å². The lowest BCUT2D eigenvalue weighted by molar-refractivity contribution is -0.220. The van der Waals surface area contributed by atoms with Gasteiger partial charge in [-0.1, -0.05) is 58.3 Å². The van der Waals surface area contributed by atoms with E-state index in [2.05, 4.69) is 16.0 Å². The van der Waals surface area contributed by atoms with E-state index in [-0.39, 0.29) is 6.42 Å². The van der Waals surface area contributed by atoms with Crippen molar-refractivity contribution in [2.45, 2.75) is 114 Å². The highest BCUT2D eigenvalue weighted by Crippen LogP contribution is 2.47. The fourth-order valence-electron chi connectivity index (χ4n) is 3.58. The molecular weight excluding hydrogens is 475 g/mol. The SMILES string of the molecule is CCCCCCCCCCCC(=O)OCC(O)COP(=O)(O)OC1C(O)C(O)C(O)C(O)C1O. The van der Waals surface area contributed by atoms with Gasteiger partial charge >= 0.3 is 13.8 Å². The quantitative estimate of drug-likeness (QED) is 0.0783. The number of phosphoric acid groups is 1. The number of phosphoric ester groups is 1. The first-order valence-corrected chi connectivity index (χ1v) is 13.4. The molecule has 1 rings (SSSR count). The number of rotatable bonds is 17. The number of unbranched alkanes of at least 4 members (excludes halogenated alkanes) is 8. The molecule has 12 nitrogen and oxygen atoms in total.